The predicted molar refractivity (Wildman–Crippen MR) is 129 cm³/mol. The third-order valence-electron chi connectivity index (χ3n) is 7.27. The molecule has 1 aliphatic carbocycles. The van der Waals surface area contributed by atoms with E-state index >= 15 is 4.39 Å². The quantitative estimate of drug-likeness (QED) is 0.506. The van der Waals surface area contributed by atoms with Crippen molar-refractivity contribution in [2.24, 2.45) is 11.1 Å². The molecule has 8 heteroatoms. The average Bonchev–Trinajstić information content (AvgIpc) is 3.37. The highest BCUT2D eigenvalue weighted by Crippen LogP contribution is 2.42. The average molecular weight is 483 g/mol. The fourth-order valence-electron chi connectivity index (χ4n) is 5.35. The van der Waals surface area contributed by atoms with Crippen LogP contribution in [0.5, 0.6) is 0 Å². The summed E-state index contributed by atoms with van der Waals surface area (Å²) in [5.74, 6) is 0.749. The number of aromatic nitrogens is 2. The summed E-state index contributed by atoms with van der Waals surface area (Å²) < 4.78 is 39.5. The Kier molecular flexibility index (Phi) is 6.55. The van der Waals surface area contributed by atoms with Crippen LogP contribution in [0.3, 0.4) is 0 Å². The normalized spacial score (nSPS) is 20.3. The maximum atomic E-state index is 15.0. The van der Waals surface area contributed by atoms with Gasteiger partial charge in [-0.3, -0.25) is 4.68 Å². The zero-order valence-electron chi connectivity index (χ0n) is 19.2. The number of sulfonamides is 1. The molecule has 1 saturated heterocycles. The van der Waals surface area contributed by atoms with Gasteiger partial charge in [0.1, 0.15) is 10.7 Å². The Labute approximate surface area is 200 Å². The fraction of sp³-hybridized carbons (Fsp3) is 0.423. The van der Waals surface area contributed by atoms with Crippen LogP contribution < -0.4 is 5.14 Å². The molecular formula is C26H31FN4O2S. The van der Waals surface area contributed by atoms with Crippen LogP contribution in [-0.2, 0) is 35.8 Å². The van der Waals surface area contributed by atoms with Gasteiger partial charge in [-0.1, -0.05) is 36.4 Å². The molecule has 2 atom stereocenters. The number of fused-ring (bicyclic) bond motifs is 1. The van der Waals surface area contributed by atoms with Crippen LogP contribution in [0.1, 0.15) is 41.0 Å². The molecule has 2 aliphatic rings. The molecule has 0 amide bonds. The molecule has 0 saturated carbocycles. The number of nitrogens with zero attached hydrogens (tertiary/aromatic N) is 3. The van der Waals surface area contributed by atoms with Crippen molar-refractivity contribution in [1.29, 1.82) is 0 Å². The van der Waals surface area contributed by atoms with Gasteiger partial charge in [-0.25, -0.2) is 17.9 Å². The molecule has 1 aliphatic heterocycles. The summed E-state index contributed by atoms with van der Waals surface area (Å²) in [4.78, 5) is 2.51. The highest BCUT2D eigenvalue weighted by Gasteiger charge is 2.35. The molecule has 0 radical (unpaired) electrons. The van der Waals surface area contributed by atoms with Crippen LogP contribution in [0.4, 0.5) is 4.39 Å². The summed E-state index contributed by atoms with van der Waals surface area (Å²) in [6, 6.07) is 14.4. The van der Waals surface area contributed by atoms with E-state index < -0.39 is 10.0 Å². The lowest BCUT2D eigenvalue weighted by molar-refractivity contribution is 0.145. The van der Waals surface area contributed by atoms with E-state index in [1.807, 2.05) is 6.07 Å². The van der Waals surface area contributed by atoms with E-state index in [0.717, 1.165) is 30.5 Å². The molecule has 0 spiro atoms. The Balaban J connectivity index is 1.32. The van der Waals surface area contributed by atoms with Gasteiger partial charge in [0.15, 0.2) is 0 Å². The van der Waals surface area contributed by atoms with Gasteiger partial charge in [0.25, 0.3) is 0 Å². The SMILES string of the molecule is NS(=O)(=O)c1cnn(CCCc2cc3c(cc2F)CC(CN2CCC2)C3Cc2ccccc2)c1. The molecule has 5 rings (SSSR count). The molecule has 34 heavy (non-hydrogen) atoms. The van der Waals surface area contributed by atoms with E-state index in [4.69, 9.17) is 5.14 Å². The highest BCUT2D eigenvalue weighted by molar-refractivity contribution is 7.89. The summed E-state index contributed by atoms with van der Waals surface area (Å²) in [5.41, 5.74) is 4.49. The first-order chi connectivity index (χ1) is 16.4. The van der Waals surface area contributed by atoms with Gasteiger partial charge in [0.05, 0.1) is 6.20 Å². The first-order valence-electron chi connectivity index (χ1n) is 12.0. The molecule has 6 nitrogen and oxygen atoms in total. The standard InChI is InChI=1S/C26H31FN4O2S/c27-26-15-21-13-22(17-30-9-5-10-30)24(12-19-6-2-1-3-7-19)25(21)14-20(26)8-4-11-31-18-23(16-29-31)34(28,32)33/h1-3,6-7,14-16,18,22,24H,4-5,8-13,17H2,(H2,28,32,33). The number of hydrogen-bond acceptors (Lipinski definition) is 4. The Bertz CT molecular complexity index is 1260. The van der Waals surface area contributed by atoms with E-state index in [2.05, 4.69) is 40.3 Å². The topological polar surface area (TPSA) is 81.2 Å². The van der Waals surface area contributed by atoms with Crippen molar-refractivity contribution >= 4 is 10.0 Å². The van der Waals surface area contributed by atoms with E-state index in [1.165, 1.54) is 43.0 Å². The number of rotatable bonds is 9. The minimum atomic E-state index is -3.76. The Morgan fingerprint density at radius 3 is 2.62 bits per heavy atom. The van der Waals surface area contributed by atoms with Gasteiger partial charge in [-0.2, -0.15) is 5.10 Å². The first kappa shape index (κ1) is 23.2. The number of hydrogen-bond donors (Lipinski definition) is 1. The minimum absolute atomic E-state index is 0.00629. The van der Waals surface area contributed by atoms with Crippen LogP contribution in [-0.4, -0.2) is 42.7 Å². The molecule has 1 fully saturated rings. The largest absolute Gasteiger partial charge is 0.303 e. The monoisotopic (exact) mass is 482 g/mol. The molecule has 1 aromatic heterocycles. The molecule has 2 unspecified atom stereocenters. The van der Waals surface area contributed by atoms with Crippen molar-refractivity contribution in [2.45, 2.75) is 49.5 Å². The maximum absolute atomic E-state index is 15.0. The molecular weight excluding hydrogens is 451 g/mol. The second-order valence-corrected chi connectivity index (χ2v) is 11.2. The van der Waals surface area contributed by atoms with Gasteiger partial charge >= 0.3 is 0 Å². The minimum Gasteiger partial charge on any atom is -0.303 e. The number of benzene rings is 2. The van der Waals surface area contributed by atoms with Gasteiger partial charge in [-0.05, 0) is 85.3 Å². The molecule has 2 heterocycles. The van der Waals surface area contributed by atoms with E-state index in [9.17, 15) is 8.42 Å². The van der Waals surface area contributed by atoms with Crippen molar-refractivity contribution in [1.82, 2.24) is 14.7 Å². The second kappa shape index (κ2) is 9.60. The van der Waals surface area contributed by atoms with Crippen LogP contribution >= 0.6 is 0 Å². The van der Waals surface area contributed by atoms with Crippen LogP contribution in [0, 0.1) is 11.7 Å². The predicted octanol–water partition coefficient (Wildman–Crippen LogP) is 3.51. The maximum Gasteiger partial charge on any atom is 0.241 e. The zero-order chi connectivity index (χ0) is 23.7. The fourth-order valence-corrected chi connectivity index (χ4v) is 5.81. The van der Waals surface area contributed by atoms with Crippen molar-refractivity contribution in [3.63, 3.8) is 0 Å². The summed E-state index contributed by atoms with van der Waals surface area (Å²) >= 11 is 0. The van der Waals surface area contributed by atoms with Crippen LogP contribution in [0.2, 0.25) is 0 Å². The zero-order valence-corrected chi connectivity index (χ0v) is 20.1. The molecule has 2 aromatic carbocycles. The van der Waals surface area contributed by atoms with Gasteiger partial charge < -0.3 is 4.90 Å². The summed E-state index contributed by atoms with van der Waals surface area (Å²) in [6.07, 6.45) is 7.07. The lowest BCUT2D eigenvalue weighted by Crippen LogP contribution is -2.41. The van der Waals surface area contributed by atoms with Crippen molar-refractivity contribution in [3.05, 3.63) is 82.9 Å². The number of likely N-dealkylation sites (tertiary alicyclic amines) is 1. The number of halogens is 1. The van der Waals surface area contributed by atoms with Crippen LogP contribution in [0.25, 0.3) is 0 Å². The highest BCUT2D eigenvalue weighted by atomic mass is 32.2. The Morgan fingerprint density at radius 1 is 1.15 bits per heavy atom. The second-order valence-electron chi connectivity index (χ2n) is 9.64. The third kappa shape index (κ3) is 5.09. The molecule has 180 valence electrons. The Morgan fingerprint density at radius 2 is 1.94 bits per heavy atom. The molecule has 0 bridgehead atoms. The van der Waals surface area contributed by atoms with Gasteiger partial charge in [0.2, 0.25) is 10.0 Å². The number of aryl methyl sites for hydroxylation is 2. The smallest absolute Gasteiger partial charge is 0.241 e. The number of primary sulfonamides is 1. The van der Waals surface area contributed by atoms with Gasteiger partial charge in [0, 0.05) is 19.3 Å². The van der Waals surface area contributed by atoms with Crippen molar-refractivity contribution in [3.8, 4) is 0 Å². The van der Waals surface area contributed by atoms with E-state index in [1.54, 1.807) is 10.7 Å². The lowest BCUT2D eigenvalue weighted by Gasteiger charge is -2.35. The number of nitrogens with two attached hydrogens (primary N) is 1. The van der Waals surface area contributed by atoms with Crippen molar-refractivity contribution in [2.75, 3.05) is 19.6 Å². The van der Waals surface area contributed by atoms with E-state index in [-0.39, 0.29) is 10.7 Å². The lowest BCUT2D eigenvalue weighted by atomic mass is 9.85. The molecule has 3 aromatic rings. The van der Waals surface area contributed by atoms with Crippen molar-refractivity contribution < 1.29 is 12.8 Å². The Hall–Kier alpha value is -2.55. The van der Waals surface area contributed by atoms with E-state index in [0.29, 0.717) is 31.2 Å². The van der Waals surface area contributed by atoms with Gasteiger partial charge in [-0.15, -0.1) is 0 Å². The summed E-state index contributed by atoms with van der Waals surface area (Å²) in [7, 11) is -3.76. The van der Waals surface area contributed by atoms with Crippen LogP contribution in [0.15, 0.2) is 59.8 Å². The summed E-state index contributed by atoms with van der Waals surface area (Å²) in [6.45, 7) is 3.92. The third-order valence-corrected chi connectivity index (χ3v) is 8.14. The summed E-state index contributed by atoms with van der Waals surface area (Å²) in [5, 5.41) is 9.21. The first-order valence-corrected chi connectivity index (χ1v) is 13.5. The molecule has 2 N–H and O–H groups in total.